The lowest BCUT2D eigenvalue weighted by atomic mass is 10.1. The zero-order valence-corrected chi connectivity index (χ0v) is 14.8. The minimum Gasteiger partial charge on any atom is -0.457 e. The highest BCUT2D eigenvalue weighted by Gasteiger charge is 2.28. The summed E-state index contributed by atoms with van der Waals surface area (Å²) < 4.78 is 11.4. The number of pyridine rings is 1. The van der Waals surface area contributed by atoms with Crippen molar-refractivity contribution < 1.29 is 18.9 Å². The maximum absolute atomic E-state index is 12.1. The third-order valence-corrected chi connectivity index (χ3v) is 4.39. The topological polar surface area (TPSA) is 98.4 Å². The number of H-pyrrole nitrogens is 1. The molecule has 8 heteroatoms. The molecule has 1 N–H and O–H groups in total. The maximum atomic E-state index is 12.1. The van der Waals surface area contributed by atoms with Crippen LogP contribution in [-0.4, -0.2) is 15.9 Å². The van der Waals surface area contributed by atoms with Gasteiger partial charge in [0.2, 0.25) is 0 Å². The third kappa shape index (κ3) is 3.06. The number of rotatable bonds is 3. The molecule has 1 aliphatic rings. The number of nitrogens with one attached hydrogen (secondary N) is 1. The summed E-state index contributed by atoms with van der Waals surface area (Å²) in [5.74, 6) is 0.751. The number of aromatic nitrogens is 1. The van der Waals surface area contributed by atoms with Crippen LogP contribution in [0.25, 0.3) is 23.2 Å². The Labute approximate surface area is 158 Å². The molecule has 1 aliphatic heterocycles. The molecule has 0 atom stereocenters. The monoisotopic (exact) mass is 380 g/mol. The smallest absolute Gasteiger partial charge is 0.347 e. The number of esters is 1. The molecule has 3 heterocycles. The first kappa shape index (κ1) is 16.9. The lowest BCUT2D eigenvalue weighted by Crippen LogP contribution is -1.97. The number of aryl methyl sites for hydroxylation is 1. The fourth-order valence-corrected chi connectivity index (χ4v) is 3.24. The molecule has 1 aromatic carbocycles. The number of carbonyl (C=O) groups is 1. The zero-order chi connectivity index (χ0) is 19.1. The number of nitro groups is 1. The van der Waals surface area contributed by atoms with Gasteiger partial charge in [-0.1, -0.05) is 24.4 Å². The number of non-ortho nitro benzene ring substituents is 1. The Morgan fingerprint density at radius 2 is 2.04 bits per heavy atom. The van der Waals surface area contributed by atoms with Gasteiger partial charge in [-0.15, -0.1) is 0 Å². The van der Waals surface area contributed by atoms with Crippen LogP contribution in [-0.2, 0) is 4.74 Å². The van der Waals surface area contributed by atoms with Gasteiger partial charge in [0.05, 0.1) is 4.92 Å². The van der Waals surface area contributed by atoms with E-state index >= 15 is 0 Å². The molecule has 2 aromatic heterocycles. The average molecular weight is 380 g/mol. The molecule has 3 aromatic rings. The summed E-state index contributed by atoms with van der Waals surface area (Å²) in [7, 11) is 0. The summed E-state index contributed by atoms with van der Waals surface area (Å²) in [5, 5.41) is 10.9. The number of fused-ring (bicyclic) bond motifs is 1. The summed E-state index contributed by atoms with van der Waals surface area (Å²) in [6.45, 7) is 1.84. The van der Waals surface area contributed by atoms with E-state index in [1.165, 1.54) is 12.1 Å². The van der Waals surface area contributed by atoms with Crippen molar-refractivity contribution in [3.8, 4) is 11.3 Å². The SMILES string of the molecule is Cc1cc2c(c(=S)[nH]1)C(=O)O/C2=C\c1ccc(-c2cccc([N+](=O)[O-])c2)o1. The molecule has 0 aliphatic carbocycles. The summed E-state index contributed by atoms with van der Waals surface area (Å²) in [6, 6.07) is 11.3. The number of carbonyl (C=O) groups excluding carboxylic acids is 1. The summed E-state index contributed by atoms with van der Waals surface area (Å²) in [5.41, 5.74) is 2.30. The first-order chi connectivity index (χ1) is 12.9. The Hall–Kier alpha value is -3.52. The molecule has 0 fully saturated rings. The molecule has 0 spiro atoms. The largest absolute Gasteiger partial charge is 0.457 e. The second-order valence-corrected chi connectivity index (χ2v) is 6.39. The number of hydrogen-bond acceptors (Lipinski definition) is 6. The fraction of sp³-hybridized carbons (Fsp3) is 0.0526. The van der Waals surface area contributed by atoms with Crippen LogP contribution in [0.5, 0.6) is 0 Å². The van der Waals surface area contributed by atoms with E-state index in [4.69, 9.17) is 21.4 Å². The minimum absolute atomic E-state index is 0.0212. The molecular weight excluding hydrogens is 368 g/mol. The molecule has 0 unspecified atom stereocenters. The normalized spacial score (nSPS) is 14.3. The molecule has 0 bridgehead atoms. The van der Waals surface area contributed by atoms with Gasteiger partial charge >= 0.3 is 5.97 Å². The highest BCUT2D eigenvalue weighted by atomic mass is 32.1. The van der Waals surface area contributed by atoms with Crippen LogP contribution in [0.4, 0.5) is 5.69 Å². The number of aromatic amines is 1. The number of nitro benzene ring substituents is 1. The molecule has 0 radical (unpaired) electrons. The Kier molecular flexibility index (Phi) is 3.97. The fourth-order valence-electron chi connectivity index (χ4n) is 2.89. The van der Waals surface area contributed by atoms with E-state index in [9.17, 15) is 14.9 Å². The van der Waals surface area contributed by atoms with Crippen LogP contribution in [0.2, 0.25) is 0 Å². The van der Waals surface area contributed by atoms with Crippen molar-refractivity contribution in [2.24, 2.45) is 0 Å². The van der Waals surface area contributed by atoms with Gasteiger partial charge in [0.1, 0.15) is 27.5 Å². The van der Waals surface area contributed by atoms with Crippen molar-refractivity contribution in [1.82, 2.24) is 4.98 Å². The van der Waals surface area contributed by atoms with Crippen LogP contribution in [0.15, 0.2) is 46.9 Å². The predicted molar refractivity (Wildman–Crippen MR) is 100 cm³/mol. The number of benzene rings is 1. The molecular formula is C19H12N2O5S. The molecule has 0 saturated carbocycles. The first-order valence-corrected chi connectivity index (χ1v) is 8.36. The van der Waals surface area contributed by atoms with Gasteiger partial charge in [0, 0.05) is 35.0 Å². The number of cyclic esters (lactones) is 1. The van der Waals surface area contributed by atoms with E-state index in [0.717, 1.165) is 5.69 Å². The molecule has 0 amide bonds. The van der Waals surface area contributed by atoms with Crippen LogP contribution in [0.3, 0.4) is 0 Å². The van der Waals surface area contributed by atoms with Gasteiger partial charge in [-0.3, -0.25) is 10.1 Å². The highest BCUT2D eigenvalue weighted by Crippen LogP contribution is 2.33. The summed E-state index contributed by atoms with van der Waals surface area (Å²) in [6.07, 6.45) is 1.60. The second-order valence-electron chi connectivity index (χ2n) is 5.98. The predicted octanol–water partition coefficient (Wildman–Crippen LogP) is 4.89. The van der Waals surface area contributed by atoms with E-state index in [-0.39, 0.29) is 5.69 Å². The Morgan fingerprint density at radius 1 is 1.22 bits per heavy atom. The number of hydrogen-bond donors (Lipinski definition) is 1. The molecule has 134 valence electrons. The van der Waals surface area contributed by atoms with Crippen LogP contribution in [0.1, 0.15) is 27.4 Å². The van der Waals surface area contributed by atoms with Crippen LogP contribution < -0.4 is 0 Å². The lowest BCUT2D eigenvalue weighted by molar-refractivity contribution is -0.384. The van der Waals surface area contributed by atoms with E-state index < -0.39 is 10.9 Å². The van der Waals surface area contributed by atoms with Gasteiger partial charge in [0.25, 0.3) is 5.69 Å². The van der Waals surface area contributed by atoms with Gasteiger partial charge in [-0.25, -0.2) is 4.79 Å². The summed E-state index contributed by atoms with van der Waals surface area (Å²) >= 11 is 5.20. The Bertz CT molecular complexity index is 1190. The van der Waals surface area contributed by atoms with Crippen molar-refractivity contribution in [3.63, 3.8) is 0 Å². The highest BCUT2D eigenvalue weighted by molar-refractivity contribution is 7.71. The van der Waals surface area contributed by atoms with Gasteiger partial charge in [-0.2, -0.15) is 0 Å². The number of furan rings is 1. The van der Waals surface area contributed by atoms with Crippen LogP contribution in [0, 0.1) is 21.7 Å². The van der Waals surface area contributed by atoms with Gasteiger partial charge in [0.15, 0.2) is 0 Å². The zero-order valence-electron chi connectivity index (χ0n) is 14.0. The number of ether oxygens (including phenoxy) is 1. The van der Waals surface area contributed by atoms with Gasteiger partial charge < -0.3 is 14.1 Å². The molecule has 7 nitrogen and oxygen atoms in total. The van der Waals surface area contributed by atoms with E-state index in [1.54, 1.807) is 36.4 Å². The van der Waals surface area contributed by atoms with Crippen molar-refractivity contribution >= 4 is 35.7 Å². The van der Waals surface area contributed by atoms with E-state index in [0.29, 0.717) is 38.6 Å². The van der Waals surface area contributed by atoms with E-state index in [1.807, 2.05) is 6.92 Å². The minimum atomic E-state index is -0.511. The number of nitrogens with zero attached hydrogens (tertiary/aromatic N) is 1. The molecule has 4 rings (SSSR count). The van der Waals surface area contributed by atoms with Crippen molar-refractivity contribution in [3.05, 3.63) is 79.8 Å². The lowest BCUT2D eigenvalue weighted by Gasteiger charge is -2.00. The maximum Gasteiger partial charge on any atom is 0.347 e. The molecule has 0 saturated heterocycles. The van der Waals surface area contributed by atoms with Crippen molar-refractivity contribution in [1.29, 1.82) is 0 Å². The van der Waals surface area contributed by atoms with Crippen LogP contribution >= 0.6 is 12.2 Å². The van der Waals surface area contributed by atoms with Gasteiger partial charge in [-0.05, 0) is 25.1 Å². The standard InChI is InChI=1S/C19H12N2O5S/c1-10-7-14-16(26-19(22)17(14)18(27)20-10)9-13-5-6-15(25-13)11-3-2-4-12(8-11)21(23)24/h2-9H,1H3,(H,20,27)/b16-9-. The summed E-state index contributed by atoms with van der Waals surface area (Å²) in [4.78, 5) is 25.5. The first-order valence-electron chi connectivity index (χ1n) is 7.95. The van der Waals surface area contributed by atoms with Crippen molar-refractivity contribution in [2.75, 3.05) is 0 Å². The Balaban J connectivity index is 1.72. The second kappa shape index (κ2) is 6.33. The third-order valence-electron chi connectivity index (χ3n) is 4.08. The average Bonchev–Trinajstić information content (AvgIpc) is 3.20. The van der Waals surface area contributed by atoms with E-state index in [2.05, 4.69) is 4.98 Å². The Morgan fingerprint density at radius 3 is 2.81 bits per heavy atom. The molecule has 27 heavy (non-hydrogen) atoms. The van der Waals surface area contributed by atoms with Crippen molar-refractivity contribution in [2.45, 2.75) is 6.92 Å². The quantitative estimate of drug-likeness (QED) is 0.301.